The SMILES string of the molecule is CC1(C)c2cc(B3OC(C)(C)C(C)(C)O3)ccc2-c2cc3c(cc21)N(c1ccc2c(c1)C=CCC2)c1ccccc1C3(C)C. The van der Waals surface area contributed by atoms with E-state index in [-0.39, 0.29) is 29.2 Å². The first-order chi connectivity index (χ1) is 20.8. The summed E-state index contributed by atoms with van der Waals surface area (Å²) in [7, 11) is -0.375. The van der Waals surface area contributed by atoms with Gasteiger partial charge in [-0.2, -0.15) is 0 Å². The zero-order chi connectivity index (χ0) is 30.8. The molecule has 1 fully saturated rings. The van der Waals surface area contributed by atoms with Gasteiger partial charge in [0.2, 0.25) is 0 Å². The Morgan fingerprint density at radius 1 is 0.636 bits per heavy atom. The van der Waals surface area contributed by atoms with E-state index in [1.165, 1.54) is 61.6 Å². The molecule has 8 rings (SSSR count). The van der Waals surface area contributed by atoms with E-state index >= 15 is 0 Å². The van der Waals surface area contributed by atoms with Gasteiger partial charge in [-0.15, -0.1) is 0 Å². The molecule has 0 N–H and O–H groups in total. The number of hydrogen-bond acceptors (Lipinski definition) is 3. The molecule has 2 aliphatic carbocycles. The molecular weight excluding hydrogens is 537 g/mol. The highest BCUT2D eigenvalue weighted by molar-refractivity contribution is 6.62. The van der Waals surface area contributed by atoms with Crippen molar-refractivity contribution in [1.29, 1.82) is 0 Å². The van der Waals surface area contributed by atoms with Crippen LogP contribution in [0.25, 0.3) is 17.2 Å². The molecule has 1 saturated heterocycles. The lowest BCUT2D eigenvalue weighted by Crippen LogP contribution is -2.41. The Morgan fingerprint density at radius 3 is 2.11 bits per heavy atom. The van der Waals surface area contributed by atoms with Crippen LogP contribution < -0.4 is 10.4 Å². The molecule has 2 aliphatic heterocycles. The minimum absolute atomic E-state index is 0.152. The molecule has 4 aromatic rings. The quantitative estimate of drug-likeness (QED) is 0.221. The number of benzene rings is 4. The summed E-state index contributed by atoms with van der Waals surface area (Å²) in [6.07, 6.45) is 6.83. The van der Waals surface area contributed by atoms with Crippen LogP contribution in [0.4, 0.5) is 17.1 Å². The monoisotopic (exact) mass is 579 g/mol. The molecule has 0 unspecified atom stereocenters. The van der Waals surface area contributed by atoms with Crippen LogP contribution in [-0.2, 0) is 26.6 Å². The summed E-state index contributed by atoms with van der Waals surface area (Å²) >= 11 is 0. The zero-order valence-corrected chi connectivity index (χ0v) is 27.3. The lowest BCUT2D eigenvalue weighted by atomic mass is 9.71. The van der Waals surface area contributed by atoms with Crippen LogP contribution in [-0.4, -0.2) is 18.3 Å². The highest BCUT2D eigenvalue weighted by atomic mass is 16.7. The van der Waals surface area contributed by atoms with Crippen molar-refractivity contribution in [3.63, 3.8) is 0 Å². The van der Waals surface area contributed by atoms with E-state index in [0.717, 1.165) is 18.3 Å². The Bertz CT molecular complexity index is 1880. The Kier molecular flexibility index (Phi) is 5.70. The molecule has 44 heavy (non-hydrogen) atoms. The molecule has 0 amide bonds. The number of nitrogens with zero attached hydrogens (tertiary/aromatic N) is 1. The van der Waals surface area contributed by atoms with Crippen molar-refractivity contribution < 1.29 is 9.31 Å². The average molecular weight is 580 g/mol. The van der Waals surface area contributed by atoms with Gasteiger partial charge in [0.1, 0.15) is 0 Å². The number of aryl methyl sites for hydroxylation is 1. The predicted octanol–water partition coefficient (Wildman–Crippen LogP) is 9.36. The zero-order valence-electron chi connectivity index (χ0n) is 27.3. The van der Waals surface area contributed by atoms with Gasteiger partial charge in [-0.25, -0.2) is 0 Å². The largest absolute Gasteiger partial charge is 0.494 e. The van der Waals surface area contributed by atoms with E-state index < -0.39 is 0 Å². The molecule has 0 aromatic heterocycles. The van der Waals surface area contributed by atoms with Crippen LogP contribution in [0.5, 0.6) is 0 Å². The first-order valence-electron chi connectivity index (χ1n) is 16.2. The van der Waals surface area contributed by atoms with Crippen molar-refractivity contribution in [3.05, 3.63) is 112 Å². The van der Waals surface area contributed by atoms with Crippen molar-refractivity contribution in [2.75, 3.05) is 4.90 Å². The van der Waals surface area contributed by atoms with Crippen molar-refractivity contribution in [1.82, 2.24) is 0 Å². The second kappa shape index (κ2) is 8.99. The molecule has 0 bridgehead atoms. The van der Waals surface area contributed by atoms with E-state index in [2.05, 4.69) is 145 Å². The first-order valence-corrected chi connectivity index (χ1v) is 16.2. The number of allylic oxidation sites excluding steroid dienone is 1. The molecule has 0 spiro atoms. The fraction of sp³-hybridized carbons (Fsp3) is 0.350. The van der Waals surface area contributed by atoms with Gasteiger partial charge in [0, 0.05) is 16.5 Å². The van der Waals surface area contributed by atoms with Gasteiger partial charge in [0.25, 0.3) is 0 Å². The summed E-state index contributed by atoms with van der Waals surface area (Å²) in [6, 6.07) is 27.8. The third-order valence-corrected chi connectivity index (χ3v) is 11.3. The molecule has 4 aromatic carbocycles. The average Bonchev–Trinajstić information content (AvgIpc) is 3.35. The summed E-state index contributed by atoms with van der Waals surface area (Å²) in [4.78, 5) is 2.51. The summed E-state index contributed by atoms with van der Waals surface area (Å²) in [6.45, 7) is 18.0. The maximum absolute atomic E-state index is 6.47. The predicted molar refractivity (Wildman–Crippen MR) is 184 cm³/mol. The minimum atomic E-state index is -0.375. The summed E-state index contributed by atoms with van der Waals surface area (Å²) < 4.78 is 12.9. The van der Waals surface area contributed by atoms with Crippen LogP contribution in [0.15, 0.2) is 78.9 Å². The third-order valence-electron chi connectivity index (χ3n) is 11.3. The van der Waals surface area contributed by atoms with Crippen LogP contribution in [0.3, 0.4) is 0 Å². The Labute approximate surface area is 263 Å². The van der Waals surface area contributed by atoms with E-state index in [0.29, 0.717) is 0 Å². The van der Waals surface area contributed by atoms with Gasteiger partial charge in [-0.1, -0.05) is 82.3 Å². The summed E-state index contributed by atoms with van der Waals surface area (Å²) in [5, 5.41) is 0. The molecule has 2 heterocycles. The lowest BCUT2D eigenvalue weighted by Gasteiger charge is -2.43. The molecule has 4 heteroatoms. The van der Waals surface area contributed by atoms with Crippen molar-refractivity contribution in [3.8, 4) is 11.1 Å². The Morgan fingerprint density at radius 2 is 1.34 bits per heavy atom. The number of rotatable bonds is 2. The number of para-hydroxylation sites is 1. The van der Waals surface area contributed by atoms with Crippen molar-refractivity contribution in [2.45, 2.75) is 90.3 Å². The molecule has 4 aliphatic rings. The molecule has 0 radical (unpaired) electrons. The third kappa shape index (κ3) is 3.77. The van der Waals surface area contributed by atoms with E-state index in [1.54, 1.807) is 0 Å². The maximum atomic E-state index is 6.47. The summed E-state index contributed by atoms with van der Waals surface area (Å²) in [5.41, 5.74) is 14.6. The summed E-state index contributed by atoms with van der Waals surface area (Å²) in [5.74, 6) is 0. The van der Waals surface area contributed by atoms with Crippen LogP contribution >= 0.6 is 0 Å². The maximum Gasteiger partial charge on any atom is 0.494 e. The van der Waals surface area contributed by atoms with Gasteiger partial charge < -0.3 is 14.2 Å². The molecule has 0 saturated carbocycles. The number of anilines is 3. The van der Waals surface area contributed by atoms with Crippen LogP contribution in [0, 0.1) is 0 Å². The number of hydrogen-bond donors (Lipinski definition) is 0. The molecule has 222 valence electrons. The van der Waals surface area contributed by atoms with Crippen molar-refractivity contribution in [2.24, 2.45) is 0 Å². The second-order valence-corrected chi connectivity index (χ2v) is 15.2. The smallest absolute Gasteiger partial charge is 0.399 e. The highest BCUT2D eigenvalue weighted by Crippen LogP contribution is 2.57. The second-order valence-electron chi connectivity index (χ2n) is 15.2. The molecular formula is C40H42BNO2. The lowest BCUT2D eigenvalue weighted by molar-refractivity contribution is 0.00578. The minimum Gasteiger partial charge on any atom is -0.399 e. The highest BCUT2D eigenvalue weighted by Gasteiger charge is 2.52. The molecule has 0 atom stereocenters. The first kappa shape index (κ1) is 27.9. The van der Waals surface area contributed by atoms with Crippen LogP contribution in [0.1, 0.15) is 95.2 Å². The number of fused-ring (bicyclic) bond motifs is 6. The van der Waals surface area contributed by atoms with E-state index in [9.17, 15) is 0 Å². The normalized spacial score (nSPS) is 20.9. The van der Waals surface area contributed by atoms with Gasteiger partial charge in [0.15, 0.2) is 0 Å². The topological polar surface area (TPSA) is 21.7 Å². The van der Waals surface area contributed by atoms with Gasteiger partial charge >= 0.3 is 7.12 Å². The van der Waals surface area contributed by atoms with Gasteiger partial charge in [-0.3, -0.25) is 0 Å². The standard InChI is InChI=1S/C40H42BNO2/c1-37(2)31-15-11-12-16-35(31)42(28-19-17-25-13-9-10-14-26(25)21-28)36-24-33-30(23-34(36)37)29-20-18-27(22-32(29)38(33,3)4)41-43-39(5,6)40(7,8)44-41/h10-12,14-24H,9,13H2,1-8H3. The van der Waals surface area contributed by atoms with E-state index in [4.69, 9.17) is 9.31 Å². The van der Waals surface area contributed by atoms with Gasteiger partial charge in [0.05, 0.1) is 22.6 Å². The Hall–Kier alpha value is -3.60. The van der Waals surface area contributed by atoms with Crippen molar-refractivity contribution >= 4 is 35.7 Å². The fourth-order valence-electron chi connectivity index (χ4n) is 7.90. The fourth-order valence-corrected chi connectivity index (χ4v) is 7.90. The molecule has 3 nitrogen and oxygen atoms in total. The van der Waals surface area contributed by atoms with Gasteiger partial charge in [-0.05, 0) is 121 Å². The van der Waals surface area contributed by atoms with Crippen LogP contribution in [0.2, 0.25) is 0 Å². The Balaban J connectivity index is 1.30. The van der Waals surface area contributed by atoms with E-state index in [1.807, 2.05) is 0 Å².